The van der Waals surface area contributed by atoms with E-state index >= 15 is 0 Å². The predicted octanol–water partition coefficient (Wildman–Crippen LogP) is 0.726. The van der Waals surface area contributed by atoms with E-state index in [1.807, 2.05) is 0 Å². The molecule has 0 bridgehead atoms. The van der Waals surface area contributed by atoms with Crippen molar-refractivity contribution in [2.75, 3.05) is 26.1 Å². The second-order valence-electron chi connectivity index (χ2n) is 4.77. The molecule has 1 heterocycles. The number of anilines is 1. The van der Waals surface area contributed by atoms with E-state index in [4.69, 9.17) is 14.6 Å². The van der Waals surface area contributed by atoms with Crippen molar-refractivity contribution in [3.8, 4) is 11.8 Å². The van der Waals surface area contributed by atoms with Gasteiger partial charge in [-0.2, -0.15) is 9.97 Å². The Hall–Kier alpha value is -2.58. The molecule has 3 N–H and O–H groups in total. The summed E-state index contributed by atoms with van der Waals surface area (Å²) in [7, 11) is 2.84. The van der Waals surface area contributed by atoms with Crippen molar-refractivity contribution in [2.24, 2.45) is 5.41 Å². The third kappa shape index (κ3) is 4.79. The first-order valence-electron chi connectivity index (χ1n) is 6.04. The third-order valence-corrected chi connectivity index (χ3v) is 2.59. The van der Waals surface area contributed by atoms with Crippen molar-refractivity contribution in [3.63, 3.8) is 0 Å². The summed E-state index contributed by atoms with van der Waals surface area (Å²) in [5, 5.41) is 13.8. The molecule has 2 amide bonds. The van der Waals surface area contributed by atoms with Gasteiger partial charge in [0, 0.05) is 6.54 Å². The van der Waals surface area contributed by atoms with Crippen molar-refractivity contribution in [1.82, 2.24) is 15.3 Å². The number of aromatic nitrogens is 2. The summed E-state index contributed by atoms with van der Waals surface area (Å²) in [5.74, 6) is -0.579. The first-order chi connectivity index (χ1) is 9.78. The number of methoxy groups -OCH3 is 2. The molecule has 0 fully saturated rings. The second kappa shape index (κ2) is 6.73. The molecule has 0 atom stereocenters. The van der Waals surface area contributed by atoms with Crippen molar-refractivity contribution in [3.05, 3.63) is 6.07 Å². The fourth-order valence-electron chi connectivity index (χ4n) is 1.19. The minimum atomic E-state index is -1.08. The normalized spacial score (nSPS) is 10.7. The molecule has 21 heavy (non-hydrogen) atoms. The molecule has 0 saturated heterocycles. The summed E-state index contributed by atoms with van der Waals surface area (Å²) < 4.78 is 9.89. The first kappa shape index (κ1) is 16.5. The van der Waals surface area contributed by atoms with Crippen LogP contribution in [-0.2, 0) is 4.79 Å². The molecule has 9 nitrogen and oxygen atoms in total. The van der Waals surface area contributed by atoms with Crippen molar-refractivity contribution in [2.45, 2.75) is 13.8 Å². The van der Waals surface area contributed by atoms with Crippen LogP contribution in [0.3, 0.4) is 0 Å². The molecule has 0 aliphatic rings. The van der Waals surface area contributed by atoms with Crippen molar-refractivity contribution < 1.29 is 24.2 Å². The van der Waals surface area contributed by atoms with Crippen LogP contribution >= 0.6 is 0 Å². The number of carbonyl (C=O) groups excluding carboxylic acids is 1. The molecular formula is C12H18N4O5. The molecule has 0 radical (unpaired) electrons. The summed E-state index contributed by atoms with van der Waals surface area (Å²) in [6.45, 7) is 2.96. The molecule has 0 aliphatic carbocycles. The number of hydrogen-bond donors (Lipinski definition) is 3. The molecule has 116 valence electrons. The van der Waals surface area contributed by atoms with Gasteiger partial charge >= 0.3 is 12.0 Å². The number of aliphatic carboxylic acids is 1. The maximum atomic E-state index is 11.7. The Bertz CT molecular complexity index is 510. The first-order valence-corrected chi connectivity index (χ1v) is 6.04. The summed E-state index contributed by atoms with van der Waals surface area (Å²) in [4.78, 5) is 30.5. The fourth-order valence-corrected chi connectivity index (χ4v) is 1.19. The monoisotopic (exact) mass is 298 g/mol. The lowest BCUT2D eigenvalue weighted by Gasteiger charge is -2.19. The zero-order chi connectivity index (χ0) is 16.0. The molecule has 1 aromatic rings. The van der Waals surface area contributed by atoms with Gasteiger partial charge in [-0.3, -0.25) is 10.1 Å². The van der Waals surface area contributed by atoms with Gasteiger partial charge in [-0.05, 0) is 13.8 Å². The van der Waals surface area contributed by atoms with Crippen LogP contribution < -0.4 is 20.1 Å². The van der Waals surface area contributed by atoms with Gasteiger partial charge in [0.05, 0.1) is 25.7 Å². The van der Waals surface area contributed by atoms with E-state index in [0.717, 1.165) is 0 Å². The van der Waals surface area contributed by atoms with E-state index in [2.05, 4.69) is 20.6 Å². The molecule has 9 heteroatoms. The fraction of sp³-hybridized carbons (Fsp3) is 0.500. The Balaban J connectivity index is 2.69. The van der Waals surface area contributed by atoms with Gasteiger partial charge in [-0.15, -0.1) is 0 Å². The Kier molecular flexibility index (Phi) is 5.28. The third-order valence-electron chi connectivity index (χ3n) is 2.59. The summed E-state index contributed by atoms with van der Waals surface area (Å²) >= 11 is 0. The number of carboxylic acid groups (broad SMARTS) is 1. The lowest BCUT2D eigenvalue weighted by atomic mass is 9.94. The number of carboxylic acids is 1. The largest absolute Gasteiger partial charge is 0.481 e. The number of ether oxygens (including phenoxy) is 2. The Morgan fingerprint density at radius 2 is 1.76 bits per heavy atom. The van der Waals surface area contributed by atoms with Gasteiger partial charge in [0.1, 0.15) is 0 Å². The molecule has 0 unspecified atom stereocenters. The average Bonchev–Trinajstić information content (AvgIpc) is 2.44. The van der Waals surface area contributed by atoms with Crippen LogP contribution in [0.5, 0.6) is 11.8 Å². The number of amides is 2. The highest BCUT2D eigenvalue weighted by Gasteiger charge is 2.27. The highest BCUT2D eigenvalue weighted by molar-refractivity contribution is 5.88. The quantitative estimate of drug-likeness (QED) is 0.707. The number of rotatable bonds is 6. The van der Waals surface area contributed by atoms with Gasteiger partial charge in [-0.1, -0.05) is 0 Å². The number of urea groups is 1. The number of nitrogens with zero attached hydrogens (tertiary/aromatic N) is 2. The molecule has 0 spiro atoms. The Morgan fingerprint density at radius 1 is 1.24 bits per heavy atom. The molecule has 0 aromatic carbocycles. The smallest absolute Gasteiger partial charge is 0.321 e. The van der Waals surface area contributed by atoms with Gasteiger partial charge in [0.25, 0.3) is 0 Å². The summed E-state index contributed by atoms with van der Waals surface area (Å²) in [6, 6.07) is 0.830. The van der Waals surface area contributed by atoms with Gasteiger partial charge in [0.2, 0.25) is 17.7 Å². The molecule has 1 aromatic heterocycles. The minimum absolute atomic E-state index is 0.0168. The molecule has 1 rings (SSSR count). The van der Waals surface area contributed by atoms with E-state index in [0.29, 0.717) is 0 Å². The van der Waals surface area contributed by atoms with Gasteiger partial charge in [-0.25, -0.2) is 4.79 Å². The Labute approximate surface area is 121 Å². The van der Waals surface area contributed by atoms with Crippen LogP contribution in [0.2, 0.25) is 0 Å². The van der Waals surface area contributed by atoms with Gasteiger partial charge in [0.15, 0.2) is 0 Å². The van der Waals surface area contributed by atoms with E-state index < -0.39 is 17.4 Å². The van der Waals surface area contributed by atoms with Crippen molar-refractivity contribution >= 4 is 17.9 Å². The van der Waals surface area contributed by atoms with Crippen LogP contribution in [0.25, 0.3) is 0 Å². The number of nitrogens with one attached hydrogen (secondary N) is 2. The van der Waals surface area contributed by atoms with Crippen LogP contribution in [0.15, 0.2) is 6.07 Å². The van der Waals surface area contributed by atoms with E-state index in [1.165, 1.54) is 34.1 Å². The Morgan fingerprint density at radius 3 is 2.19 bits per heavy atom. The molecule has 0 saturated carbocycles. The lowest BCUT2D eigenvalue weighted by Crippen LogP contribution is -2.40. The molecule has 0 aliphatic heterocycles. The summed E-state index contributed by atoms with van der Waals surface area (Å²) in [6.07, 6.45) is 0. The number of hydrogen-bond acceptors (Lipinski definition) is 6. The van der Waals surface area contributed by atoms with Crippen molar-refractivity contribution in [1.29, 1.82) is 0 Å². The van der Waals surface area contributed by atoms with E-state index in [-0.39, 0.29) is 24.3 Å². The SMILES string of the molecule is COc1cc(OC)nc(NC(=O)NCC(C)(C)C(=O)O)n1. The minimum Gasteiger partial charge on any atom is -0.481 e. The predicted molar refractivity (Wildman–Crippen MR) is 73.6 cm³/mol. The highest BCUT2D eigenvalue weighted by atomic mass is 16.5. The van der Waals surface area contributed by atoms with Crippen LogP contribution in [0.1, 0.15) is 13.8 Å². The highest BCUT2D eigenvalue weighted by Crippen LogP contribution is 2.17. The van der Waals surface area contributed by atoms with E-state index in [1.54, 1.807) is 0 Å². The van der Waals surface area contributed by atoms with Gasteiger partial charge < -0.3 is 19.9 Å². The van der Waals surface area contributed by atoms with E-state index in [9.17, 15) is 9.59 Å². The van der Waals surface area contributed by atoms with Crippen LogP contribution in [0.4, 0.5) is 10.7 Å². The second-order valence-corrected chi connectivity index (χ2v) is 4.77. The van der Waals surface area contributed by atoms with Crippen LogP contribution in [-0.4, -0.2) is 47.8 Å². The zero-order valence-corrected chi connectivity index (χ0v) is 12.3. The maximum absolute atomic E-state index is 11.7. The maximum Gasteiger partial charge on any atom is 0.321 e. The van der Waals surface area contributed by atoms with Crippen LogP contribution in [0, 0.1) is 5.41 Å². The zero-order valence-electron chi connectivity index (χ0n) is 12.3. The standard InChI is InChI=1S/C12H18N4O5/c1-12(2,9(17)18)6-13-11(19)16-10-14-7(20-3)5-8(15-10)21-4/h5H,6H2,1-4H3,(H,17,18)(H2,13,14,15,16,19). The average molecular weight is 298 g/mol. The summed E-state index contributed by atoms with van der Waals surface area (Å²) in [5.41, 5.74) is -1.08. The molecular weight excluding hydrogens is 280 g/mol. The topological polar surface area (TPSA) is 123 Å². The number of carbonyl (C=O) groups is 2. The lowest BCUT2D eigenvalue weighted by molar-refractivity contribution is -0.146.